The first-order valence-corrected chi connectivity index (χ1v) is 7.61. The summed E-state index contributed by atoms with van der Waals surface area (Å²) < 4.78 is 0. The molecule has 0 amide bonds. The average molecular weight is 238 g/mol. The summed E-state index contributed by atoms with van der Waals surface area (Å²) in [4.78, 5) is 2.83. The third kappa shape index (κ3) is 3.03. The second kappa shape index (κ2) is 5.71. The Morgan fingerprint density at radius 1 is 1.12 bits per heavy atom. The Labute approximate surface area is 107 Å². The Kier molecular flexibility index (Phi) is 4.48. The maximum atomic E-state index is 3.56. The highest BCUT2D eigenvalue weighted by atomic mass is 15.2. The molecule has 2 nitrogen and oxygen atoms in total. The minimum absolute atomic E-state index is 0.436. The molecule has 2 heteroatoms. The van der Waals surface area contributed by atoms with Crippen LogP contribution in [0.1, 0.15) is 59.3 Å². The zero-order valence-corrected chi connectivity index (χ0v) is 12.0. The molecule has 1 atom stereocenters. The lowest BCUT2D eigenvalue weighted by molar-refractivity contribution is 0.0185. The second-order valence-corrected chi connectivity index (χ2v) is 6.59. The SMILES string of the molecule is CCN(C1CCCCC1)C1CCNCC1(C)C. The van der Waals surface area contributed by atoms with E-state index in [0.29, 0.717) is 5.41 Å². The molecule has 1 unspecified atom stereocenters. The van der Waals surface area contributed by atoms with Gasteiger partial charge < -0.3 is 5.32 Å². The van der Waals surface area contributed by atoms with E-state index in [1.807, 2.05) is 0 Å². The lowest BCUT2D eigenvalue weighted by Crippen LogP contribution is -2.57. The Hall–Kier alpha value is -0.0800. The maximum Gasteiger partial charge on any atom is 0.0173 e. The molecule has 1 saturated heterocycles. The van der Waals surface area contributed by atoms with Crippen LogP contribution in [-0.4, -0.2) is 36.6 Å². The van der Waals surface area contributed by atoms with E-state index in [-0.39, 0.29) is 0 Å². The molecule has 1 heterocycles. The molecular weight excluding hydrogens is 208 g/mol. The molecule has 0 bridgehead atoms. The van der Waals surface area contributed by atoms with E-state index in [4.69, 9.17) is 0 Å². The van der Waals surface area contributed by atoms with Crippen molar-refractivity contribution in [1.82, 2.24) is 10.2 Å². The summed E-state index contributed by atoms with van der Waals surface area (Å²) in [6.07, 6.45) is 8.57. The predicted molar refractivity (Wildman–Crippen MR) is 74.3 cm³/mol. The van der Waals surface area contributed by atoms with Gasteiger partial charge in [-0.25, -0.2) is 0 Å². The fraction of sp³-hybridized carbons (Fsp3) is 1.00. The third-order valence-corrected chi connectivity index (χ3v) is 4.89. The van der Waals surface area contributed by atoms with Crippen LogP contribution in [0.25, 0.3) is 0 Å². The molecule has 0 aromatic rings. The fourth-order valence-electron chi connectivity index (χ4n) is 3.92. The van der Waals surface area contributed by atoms with Crippen molar-refractivity contribution in [3.8, 4) is 0 Å². The van der Waals surface area contributed by atoms with E-state index in [0.717, 1.165) is 12.1 Å². The second-order valence-electron chi connectivity index (χ2n) is 6.59. The van der Waals surface area contributed by atoms with Crippen LogP contribution in [0.5, 0.6) is 0 Å². The first kappa shape index (κ1) is 13.4. The van der Waals surface area contributed by atoms with Gasteiger partial charge in [-0.3, -0.25) is 4.90 Å². The van der Waals surface area contributed by atoms with Gasteiger partial charge in [0.15, 0.2) is 0 Å². The van der Waals surface area contributed by atoms with Crippen molar-refractivity contribution in [3.05, 3.63) is 0 Å². The zero-order chi connectivity index (χ0) is 12.3. The Balaban J connectivity index is 2.04. The highest BCUT2D eigenvalue weighted by molar-refractivity contribution is 4.94. The van der Waals surface area contributed by atoms with Crippen LogP contribution in [0.2, 0.25) is 0 Å². The summed E-state index contributed by atoms with van der Waals surface area (Å²) in [6, 6.07) is 1.66. The van der Waals surface area contributed by atoms with E-state index in [9.17, 15) is 0 Å². The van der Waals surface area contributed by atoms with Crippen LogP contribution in [0, 0.1) is 5.41 Å². The molecule has 100 valence electrons. The summed E-state index contributed by atoms with van der Waals surface area (Å²) in [5.74, 6) is 0. The number of nitrogens with one attached hydrogen (secondary N) is 1. The van der Waals surface area contributed by atoms with Crippen molar-refractivity contribution in [1.29, 1.82) is 0 Å². The topological polar surface area (TPSA) is 15.3 Å². The Bertz CT molecular complexity index is 231. The molecule has 17 heavy (non-hydrogen) atoms. The van der Waals surface area contributed by atoms with E-state index < -0.39 is 0 Å². The van der Waals surface area contributed by atoms with Gasteiger partial charge in [-0.15, -0.1) is 0 Å². The molecule has 2 rings (SSSR count). The van der Waals surface area contributed by atoms with Crippen molar-refractivity contribution in [2.75, 3.05) is 19.6 Å². The van der Waals surface area contributed by atoms with Gasteiger partial charge in [0.05, 0.1) is 0 Å². The number of rotatable bonds is 3. The lowest BCUT2D eigenvalue weighted by atomic mass is 9.77. The van der Waals surface area contributed by atoms with Crippen molar-refractivity contribution >= 4 is 0 Å². The molecule has 1 aliphatic carbocycles. The minimum Gasteiger partial charge on any atom is -0.316 e. The molecule has 2 aliphatic rings. The first-order chi connectivity index (χ1) is 8.15. The van der Waals surface area contributed by atoms with Crippen LogP contribution in [-0.2, 0) is 0 Å². The summed E-state index contributed by atoms with van der Waals surface area (Å²) in [7, 11) is 0. The average Bonchev–Trinajstić information content (AvgIpc) is 2.33. The standard InChI is InChI=1S/C15H30N2/c1-4-17(13-8-6-5-7-9-13)14-10-11-16-12-15(14,2)3/h13-14,16H,4-12H2,1-3H3. The van der Waals surface area contributed by atoms with E-state index in [2.05, 4.69) is 31.0 Å². The van der Waals surface area contributed by atoms with Gasteiger partial charge in [0.2, 0.25) is 0 Å². The quantitative estimate of drug-likeness (QED) is 0.813. The molecule has 1 aliphatic heterocycles. The van der Waals surface area contributed by atoms with Crippen molar-refractivity contribution in [2.24, 2.45) is 5.41 Å². The van der Waals surface area contributed by atoms with Crippen LogP contribution >= 0.6 is 0 Å². The molecule has 0 aromatic carbocycles. The molecule has 0 aromatic heterocycles. The molecule has 2 fully saturated rings. The first-order valence-electron chi connectivity index (χ1n) is 7.61. The number of piperidine rings is 1. The monoisotopic (exact) mass is 238 g/mol. The van der Waals surface area contributed by atoms with Crippen molar-refractivity contribution < 1.29 is 0 Å². The molecule has 0 spiro atoms. The van der Waals surface area contributed by atoms with Gasteiger partial charge in [-0.2, -0.15) is 0 Å². The van der Waals surface area contributed by atoms with Crippen LogP contribution < -0.4 is 5.32 Å². The van der Waals surface area contributed by atoms with Crippen molar-refractivity contribution in [3.63, 3.8) is 0 Å². The summed E-state index contributed by atoms with van der Waals surface area (Å²) >= 11 is 0. The molecule has 1 saturated carbocycles. The predicted octanol–water partition coefficient (Wildman–Crippen LogP) is 3.03. The normalized spacial score (nSPS) is 30.7. The molecule has 1 N–H and O–H groups in total. The fourth-order valence-corrected chi connectivity index (χ4v) is 3.92. The highest BCUT2D eigenvalue weighted by Gasteiger charge is 2.38. The van der Waals surface area contributed by atoms with Gasteiger partial charge in [0.1, 0.15) is 0 Å². The van der Waals surface area contributed by atoms with Gasteiger partial charge >= 0.3 is 0 Å². The van der Waals surface area contributed by atoms with Crippen molar-refractivity contribution in [2.45, 2.75) is 71.4 Å². The van der Waals surface area contributed by atoms with Gasteiger partial charge in [-0.05, 0) is 37.8 Å². The summed E-state index contributed by atoms with van der Waals surface area (Å²) in [5.41, 5.74) is 0.436. The largest absolute Gasteiger partial charge is 0.316 e. The van der Waals surface area contributed by atoms with E-state index in [1.54, 1.807) is 0 Å². The number of nitrogens with zero attached hydrogens (tertiary/aromatic N) is 1. The Morgan fingerprint density at radius 3 is 2.41 bits per heavy atom. The van der Waals surface area contributed by atoms with Gasteiger partial charge in [0, 0.05) is 18.6 Å². The van der Waals surface area contributed by atoms with Crippen LogP contribution in [0.15, 0.2) is 0 Å². The minimum atomic E-state index is 0.436. The smallest absolute Gasteiger partial charge is 0.0173 e. The van der Waals surface area contributed by atoms with E-state index >= 15 is 0 Å². The maximum absolute atomic E-state index is 3.56. The van der Waals surface area contributed by atoms with E-state index in [1.165, 1.54) is 58.2 Å². The number of hydrogen-bond acceptors (Lipinski definition) is 2. The Morgan fingerprint density at radius 2 is 1.82 bits per heavy atom. The summed E-state index contributed by atoms with van der Waals surface area (Å²) in [6.45, 7) is 10.9. The lowest BCUT2D eigenvalue weighted by Gasteiger charge is -2.49. The van der Waals surface area contributed by atoms with Crippen LogP contribution in [0.4, 0.5) is 0 Å². The molecular formula is C15H30N2. The molecule has 0 radical (unpaired) electrons. The van der Waals surface area contributed by atoms with Crippen LogP contribution in [0.3, 0.4) is 0 Å². The zero-order valence-electron chi connectivity index (χ0n) is 12.0. The summed E-state index contributed by atoms with van der Waals surface area (Å²) in [5, 5.41) is 3.56. The van der Waals surface area contributed by atoms with Gasteiger partial charge in [0.25, 0.3) is 0 Å². The number of hydrogen-bond donors (Lipinski definition) is 1. The third-order valence-electron chi connectivity index (χ3n) is 4.89. The van der Waals surface area contributed by atoms with Gasteiger partial charge in [-0.1, -0.05) is 40.0 Å². The highest BCUT2D eigenvalue weighted by Crippen LogP contribution is 2.34.